The van der Waals surface area contributed by atoms with Gasteiger partial charge in [-0.15, -0.1) is 0 Å². The average Bonchev–Trinajstić information content (AvgIpc) is 3.34. The zero-order valence-corrected chi connectivity index (χ0v) is 15.9. The summed E-state index contributed by atoms with van der Waals surface area (Å²) in [5.41, 5.74) is 3.70. The second-order valence-electron chi connectivity index (χ2n) is 6.97. The largest absolute Gasteiger partial charge is 0.393 e. The van der Waals surface area contributed by atoms with Crippen LogP contribution in [0.25, 0.3) is 22.7 Å². The van der Waals surface area contributed by atoms with Crippen molar-refractivity contribution in [2.75, 3.05) is 18.5 Å². The number of aromatic nitrogens is 5. The van der Waals surface area contributed by atoms with E-state index in [0.717, 1.165) is 48.0 Å². The lowest BCUT2D eigenvalue weighted by Crippen LogP contribution is -2.43. The van der Waals surface area contributed by atoms with Crippen molar-refractivity contribution in [2.45, 2.75) is 31.9 Å². The molecule has 146 valence electrons. The highest BCUT2D eigenvalue weighted by molar-refractivity contribution is 5.83. The summed E-state index contributed by atoms with van der Waals surface area (Å²) in [6.45, 7) is 2.87. The quantitative estimate of drug-likeness (QED) is 0.500. The predicted molar refractivity (Wildman–Crippen MR) is 108 cm³/mol. The summed E-state index contributed by atoms with van der Waals surface area (Å²) in [4.78, 5) is 11.7. The first-order valence-electron chi connectivity index (χ1n) is 9.33. The van der Waals surface area contributed by atoms with Crippen LogP contribution in [0.3, 0.4) is 0 Å². The molecule has 0 aliphatic carbocycles. The predicted octanol–water partition coefficient (Wildman–Crippen LogP) is 1.68. The standard InChI is InChI=1S/C19H24N8O/c1-12-9-13(28)5-8-26(12)17-10-16(14(21-2)3-6-20)24-19-18(22-11-27(17)19)15-4-7-23-25-15/h3-4,6-7,10-13,20-21,28H,5,8-9H2,1-2H3,(H,23,25)/b14-3-,20-6?/t12-,13?/m1/s1. The van der Waals surface area contributed by atoms with E-state index >= 15 is 0 Å². The van der Waals surface area contributed by atoms with Gasteiger partial charge in [0, 0.05) is 38.1 Å². The molecule has 0 aromatic carbocycles. The Labute approximate surface area is 162 Å². The van der Waals surface area contributed by atoms with Gasteiger partial charge in [0.05, 0.1) is 23.2 Å². The number of imidazole rings is 1. The molecule has 4 N–H and O–H groups in total. The number of fused-ring (bicyclic) bond motifs is 1. The van der Waals surface area contributed by atoms with Crippen LogP contribution in [0.15, 0.2) is 30.7 Å². The van der Waals surface area contributed by atoms with Crippen LogP contribution < -0.4 is 10.2 Å². The molecule has 4 heterocycles. The number of rotatable bonds is 5. The van der Waals surface area contributed by atoms with Gasteiger partial charge < -0.3 is 20.7 Å². The molecule has 28 heavy (non-hydrogen) atoms. The summed E-state index contributed by atoms with van der Waals surface area (Å²) < 4.78 is 1.98. The highest BCUT2D eigenvalue weighted by atomic mass is 16.3. The van der Waals surface area contributed by atoms with Crippen LogP contribution >= 0.6 is 0 Å². The van der Waals surface area contributed by atoms with Crippen molar-refractivity contribution < 1.29 is 5.11 Å². The van der Waals surface area contributed by atoms with Crippen LogP contribution in [0, 0.1) is 5.41 Å². The molecule has 1 fully saturated rings. The molecule has 2 atom stereocenters. The van der Waals surface area contributed by atoms with E-state index in [4.69, 9.17) is 10.4 Å². The number of hydrogen-bond acceptors (Lipinski definition) is 7. The lowest BCUT2D eigenvalue weighted by Gasteiger charge is -2.37. The summed E-state index contributed by atoms with van der Waals surface area (Å²) in [5.74, 6) is 0.962. The number of anilines is 1. The minimum absolute atomic E-state index is 0.185. The molecule has 1 saturated heterocycles. The summed E-state index contributed by atoms with van der Waals surface area (Å²) >= 11 is 0. The van der Waals surface area contributed by atoms with Crippen molar-refractivity contribution >= 4 is 23.4 Å². The van der Waals surface area contributed by atoms with Crippen LogP contribution in [-0.4, -0.2) is 61.6 Å². The number of allylic oxidation sites excluding steroid dienone is 1. The van der Waals surface area contributed by atoms with E-state index in [1.165, 1.54) is 6.21 Å². The van der Waals surface area contributed by atoms with Gasteiger partial charge in [0.1, 0.15) is 17.8 Å². The molecule has 9 nitrogen and oxygen atoms in total. The SMILES string of the molecule is CN/C(=C\C=N)c1cc(N2CCC(O)C[C@H]2C)n2cnc(-c3ccn[nH]3)c2n1. The number of piperidine rings is 1. The van der Waals surface area contributed by atoms with Crippen LogP contribution in [0.4, 0.5) is 5.82 Å². The van der Waals surface area contributed by atoms with E-state index in [-0.39, 0.29) is 12.1 Å². The second kappa shape index (κ2) is 7.43. The van der Waals surface area contributed by atoms with Gasteiger partial charge in [0.25, 0.3) is 0 Å². The van der Waals surface area contributed by atoms with E-state index in [1.54, 1.807) is 18.6 Å². The molecule has 4 rings (SSSR count). The van der Waals surface area contributed by atoms with Crippen LogP contribution in [0.2, 0.25) is 0 Å². The fourth-order valence-corrected chi connectivity index (χ4v) is 3.76. The topological polar surface area (TPSA) is 118 Å². The van der Waals surface area contributed by atoms with E-state index in [2.05, 4.69) is 32.3 Å². The summed E-state index contributed by atoms with van der Waals surface area (Å²) in [6, 6.07) is 4.05. The molecule has 1 aliphatic rings. The Hall–Kier alpha value is -3.20. The number of aliphatic hydroxyl groups excluding tert-OH is 1. The van der Waals surface area contributed by atoms with E-state index < -0.39 is 0 Å². The highest BCUT2D eigenvalue weighted by Gasteiger charge is 2.27. The van der Waals surface area contributed by atoms with Gasteiger partial charge in [0.15, 0.2) is 5.65 Å². The van der Waals surface area contributed by atoms with E-state index in [9.17, 15) is 5.11 Å². The fourth-order valence-electron chi connectivity index (χ4n) is 3.76. The summed E-state index contributed by atoms with van der Waals surface area (Å²) in [6.07, 6.45) is 7.55. The number of nitrogens with zero attached hydrogens (tertiary/aromatic N) is 5. The van der Waals surface area contributed by atoms with Gasteiger partial charge in [0.2, 0.25) is 0 Å². The first kappa shape index (κ1) is 18.2. The fraction of sp³-hybridized carbons (Fsp3) is 0.368. The Morgan fingerprint density at radius 3 is 3.00 bits per heavy atom. The van der Waals surface area contributed by atoms with Gasteiger partial charge in [-0.3, -0.25) is 9.50 Å². The molecule has 1 aliphatic heterocycles. The number of hydrogen-bond donors (Lipinski definition) is 4. The summed E-state index contributed by atoms with van der Waals surface area (Å²) in [5, 5.41) is 27.6. The minimum Gasteiger partial charge on any atom is -0.393 e. The maximum Gasteiger partial charge on any atom is 0.168 e. The number of aliphatic hydroxyl groups is 1. The van der Waals surface area contributed by atoms with Gasteiger partial charge in [-0.05, 0) is 31.9 Å². The molecule has 0 bridgehead atoms. The first-order chi connectivity index (χ1) is 13.6. The third-order valence-corrected chi connectivity index (χ3v) is 5.18. The zero-order valence-electron chi connectivity index (χ0n) is 15.9. The van der Waals surface area contributed by atoms with Crippen molar-refractivity contribution in [3.05, 3.63) is 36.4 Å². The molecule has 0 spiro atoms. The molecule has 3 aromatic rings. The average molecular weight is 380 g/mol. The molecule has 9 heteroatoms. The molecule has 0 saturated carbocycles. The van der Waals surface area contributed by atoms with E-state index in [0.29, 0.717) is 5.65 Å². The lowest BCUT2D eigenvalue weighted by molar-refractivity contribution is 0.131. The second-order valence-corrected chi connectivity index (χ2v) is 6.97. The third kappa shape index (κ3) is 3.13. The monoisotopic (exact) mass is 380 g/mol. The Bertz CT molecular complexity index is 1010. The molecule has 0 amide bonds. The Kier molecular flexibility index (Phi) is 4.82. The van der Waals surface area contributed by atoms with Crippen molar-refractivity contribution in [3.63, 3.8) is 0 Å². The minimum atomic E-state index is -0.267. The van der Waals surface area contributed by atoms with Gasteiger partial charge in [-0.2, -0.15) is 5.10 Å². The lowest BCUT2D eigenvalue weighted by atomic mass is 10.0. The molecule has 0 radical (unpaired) electrons. The Morgan fingerprint density at radius 1 is 1.46 bits per heavy atom. The molecule has 1 unspecified atom stereocenters. The Morgan fingerprint density at radius 2 is 2.32 bits per heavy atom. The van der Waals surface area contributed by atoms with Crippen molar-refractivity contribution in [2.24, 2.45) is 0 Å². The molecular weight excluding hydrogens is 356 g/mol. The maximum atomic E-state index is 10.0. The third-order valence-electron chi connectivity index (χ3n) is 5.18. The molecule has 3 aromatic heterocycles. The zero-order chi connectivity index (χ0) is 19.7. The smallest absolute Gasteiger partial charge is 0.168 e. The van der Waals surface area contributed by atoms with Gasteiger partial charge in [-0.1, -0.05) is 0 Å². The maximum absolute atomic E-state index is 10.0. The van der Waals surface area contributed by atoms with Crippen LogP contribution in [0.1, 0.15) is 25.5 Å². The number of aromatic amines is 1. The van der Waals surface area contributed by atoms with Gasteiger partial charge in [-0.25, -0.2) is 9.97 Å². The van der Waals surface area contributed by atoms with Gasteiger partial charge >= 0.3 is 0 Å². The number of H-pyrrole nitrogens is 1. The summed E-state index contributed by atoms with van der Waals surface area (Å²) in [7, 11) is 1.81. The van der Waals surface area contributed by atoms with E-state index in [1.807, 2.05) is 23.6 Å². The molecular formula is C19H24N8O. The highest BCUT2D eigenvalue weighted by Crippen LogP contribution is 2.30. The van der Waals surface area contributed by atoms with Crippen LogP contribution in [-0.2, 0) is 0 Å². The number of nitrogens with one attached hydrogen (secondary N) is 3. The van der Waals surface area contributed by atoms with Crippen molar-refractivity contribution in [1.29, 1.82) is 5.41 Å². The normalized spacial score (nSPS) is 20.5. The van der Waals surface area contributed by atoms with Crippen molar-refractivity contribution in [1.82, 2.24) is 29.9 Å². The Balaban J connectivity index is 1.92. The van der Waals surface area contributed by atoms with Crippen LogP contribution in [0.5, 0.6) is 0 Å². The van der Waals surface area contributed by atoms with Crippen molar-refractivity contribution in [3.8, 4) is 11.4 Å². The first-order valence-corrected chi connectivity index (χ1v) is 9.33.